The largest absolute Gasteiger partial charge is 0.379 e. The number of nitrogens with one attached hydrogen (secondary N) is 1. The van der Waals surface area contributed by atoms with E-state index < -0.39 is 0 Å². The van der Waals surface area contributed by atoms with Crippen LogP contribution in [0.25, 0.3) is 0 Å². The number of carbonyl (C=O) groups excluding carboxylic acids is 1. The lowest BCUT2D eigenvalue weighted by Gasteiger charge is -2.27. The van der Waals surface area contributed by atoms with Crippen LogP contribution in [0.15, 0.2) is 54.6 Å². The van der Waals surface area contributed by atoms with Gasteiger partial charge in [0.25, 0.3) is 5.91 Å². The number of ether oxygens (including phenoxy) is 1. The molecule has 2 aromatic rings. The number of hydrogen-bond acceptors (Lipinski definition) is 3. The number of carbonyl (C=O) groups is 1. The molecule has 120 valence electrons. The third kappa shape index (κ3) is 4.41. The van der Waals surface area contributed by atoms with Crippen molar-refractivity contribution in [1.29, 1.82) is 0 Å². The molecule has 0 aliphatic carbocycles. The minimum Gasteiger partial charge on any atom is -0.379 e. The number of amides is 1. The van der Waals surface area contributed by atoms with Gasteiger partial charge in [0.1, 0.15) is 0 Å². The van der Waals surface area contributed by atoms with Crippen LogP contribution in [0.4, 0.5) is 0 Å². The summed E-state index contributed by atoms with van der Waals surface area (Å²) >= 11 is 0. The van der Waals surface area contributed by atoms with Crippen molar-refractivity contribution in [2.45, 2.75) is 13.1 Å². The minimum absolute atomic E-state index is 0.0354. The molecular weight excluding hydrogens is 288 g/mol. The van der Waals surface area contributed by atoms with Crippen molar-refractivity contribution < 1.29 is 9.53 Å². The summed E-state index contributed by atoms with van der Waals surface area (Å²) in [5, 5.41) is 3.01. The van der Waals surface area contributed by atoms with Crippen LogP contribution in [0.2, 0.25) is 0 Å². The molecule has 0 radical (unpaired) electrons. The first kappa shape index (κ1) is 15.7. The molecule has 4 heteroatoms. The Morgan fingerprint density at radius 3 is 2.35 bits per heavy atom. The lowest BCUT2D eigenvalue weighted by atomic mass is 10.1. The summed E-state index contributed by atoms with van der Waals surface area (Å²) in [4.78, 5) is 14.6. The normalized spacial score (nSPS) is 15.3. The Morgan fingerprint density at radius 1 is 0.957 bits per heavy atom. The van der Waals surface area contributed by atoms with Crippen molar-refractivity contribution in [3.05, 3.63) is 71.3 Å². The Hall–Kier alpha value is -2.17. The van der Waals surface area contributed by atoms with E-state index >= 15 is 0 Å². The van der Waals surface area contributed by atoms with Crippen molar-refractivity contribution in [2.75, 3.05) is 26.3 Å². The van der Waals surface area contributed by atoms with Crippen molar-refractivity contribution in [2.24, 2.45) is 0 Å². The van der Waals surface area contributed by atoms with Crippen LogP contribution in [0.3, 0.4) is 0 Å². The predicted molar refractivity (Wildman–Crippen MR) is 90.2 cm³/mol. The zero-order valence-electron chi connectivity index (χ0n) is 13.2. The van der Waals surface area contributed by atoms with Gasteiger partial charge in [-0.05, 0) is 23.3 Å². The fourth-order valence-corrected chi connectivity index (χ4v) is 2.75. The van der Waals surface area contributed by atoms with E-state index in [2.05, 4.69) is 28.4 Å². The van der Waals surface area contributed by atoms with Gasteiger partial charge < -0.3 is 10.1 Å². The Labute approximate surface area is 137 Å². The Kier molecular flexibility index (Phi) is 5.40. The Bertz CT molecular complexity index is 637. The van der Waals surface area contributed by atoms with E-state index in [1.807, 2.05) is 36.4 Å². The number of morpholine rings is 1. The molecule has 1 aliphatic heterocycles. The van der Waals surface area contributed by atoms with E-state index in [1.54, 1.807) is 0 Å². The molecule has 1 saturated heterocycles. The highest BCUT2D eigenvalue weighted by Gasteiger charge is 2.13. The second-order valence-corrected chi connectivity index (χ2v) is 5.71. The summed E-state index contributed by atoms with van der Waals surface area (Å²) in [6.07, 6.45) is 0. The van der Waals surface area contributed by atoms with Gasteiger partial charge in [0, 0.05) is 31.7 Å². The molecular formula is C19H22N2O2. The van der Waals surface area contributed by atoms with E-state index in [1.165, 1.54) is 11.1 Å². The van der Waals surface area contributed by atoms with Gasteiger partial charge in [0.05, 0.1) is 13.2 Å². The second-order valence-electron chi connectivity index (χ2n) is 5.71. The summed E-state index contributed by atoms with van der Waals surface area (Å²) in [5.41, 5.74) is 3.13. The van der Waals surface area contributed by atoms with Crippen LogP contribution in [-0.4, -0.2) is 37.1 Å². The second kappa shape index (κ2) is 7.90. The van der Waals surface area contributed by atoms with Crippen molar-refractivity contribution in [1.82, 2.24) is 10.2 Å². The van der Waals surface area contributed by atoms with Gasteiger partial charge in [-0.2, -0.15) is 0 Å². The maximum Gasteiger partial charge on any atom is 0.251 e. The first-order chi connectivity index (χ1) is 11.3. The van der Waals surface area contributed by atoms with Gasteiger partial charge in [-0.15, -0.1) is 0 Å². The van der Waals surface area contributed by atoms with Crippen molar-refractivity contribution >= 4 is 5.91 Å². The quantitative estimate of drug-likeness (QED) is 0.922. The molecule has 1 aliphatic rings. The zero-order valence-corrected chi connectivity index (χ0v) is 13.2. The van der Waals surface area contributed by atoms with E-state index in [4.69, 9.17) is 4.74 Å². The highest BCUT2D eigenvalue weighted by Crippen LogP contribution is 2.13. The van der Waals surface area contributed by atoms with Crippen LogP contribution >= 0.6 is 0 Å². The molecule has 0 unspecified atom stereocenters. The van der Waals surface area contributed by atoms with Gasteiger partial charge in [-0.25, -0.2) is 0 Å². The summed E-state index contributed by atoms with van der Waals surface area (Å²) in [5.74, 6) is -0.0354. The molecule has 0 spiro atoms. The predicted octanol–water partition coefficient (Wildman–Crippen LogP) is 2.45. The van der Waals surface area contributed by atoms with Gasteiger partial charge in [0.2, 0.25) is 0 Å². The molecule has 1 N–H and O–H groups in total. The lowest BCUT2D eigenvalue weighted by Crippen LogP contribution is -2.36. The molecule has 23 heavy (non-hydrogen) atoms. The first-order valence-corrected chi connectivity index (χ1v) is 8.03. The van der Waals surface area contributed by atoms with E-state index in [0.29, 0.717) is 12.1 Å². The van der Waals surface area contributed by atoms with Crippen LogP contribution in [0.5, 0.6) is 0 Å². The molecule has 0 aromatic heterocycles. The average molecular weight is 310 g/mol. The van der Waals surface area contributed by atoms with Crippen molar-refractivity contribution in [3.63, 3.8) is 0 Å². The highest BCUT2D eigenvalue weighted by atomic mass is 16.5. The third-order valence-electron chi connectivity index (χ3n) is 4.09. The molecule has 0 atom stereocenters. The van der Waals surface area contributed by atoms with E-state index in [-0.39, 0.29) is 5.91 Å². The van der Waals surface area contributed by atoms with Gasteiger partial charge in [-0.3, -0.25) is 9.69 Å². The van der Waals surface area contributed by atoms with Crippen LogP contribution in [0.1, 0.15) is 21.5 Å². The topological polar surface area (TPSA) is 41.6 Å². The Balaban J connectivity index is 1.62. The standard InChI is InChI=1S/C19H22N2O2/c22-19(16-6-2-1-3-7-16)20-14-17-8-4-5-9-18(17)15-21-10-12-23-13-11-21/h1-9H,10-15H2,(H,20,22). The lowest BCUT2D eigenvalue weighted by molar-refractivity contribution is 0.0340. The van der Waals surface area contributed by atoms with E-state index in [0.717, 1.165) is 32.8 Å². The van der Waals surface area contributed by atoms with E-state index in [9.17, 15) is 4.79 Å². The number of benzene rings is 2. The zero-order chi connectivity index (χ0) is 15.9. The van der Waals surface area contributed by atoms with Gasteiger partial charge in [0.15, 0.2) is 0 Å². The molecule has 1 amide bonds. The molecule has 3 rings (SSSR count). The van der Waals surface area contributed by atoms with Crippen LogP contribution < -0.4 is 5.32 Å². The molecule has 4 nitrogen and oxygen atoms in total. The number of rotatable bonds is 5. The fraction of sp³-hybridized carbons (Fsp3) is 0.316. The maximum absolute atomic E-state index is 12.2. The van der Waals surface area contributed by atoms with Crippen LogP contribution in [-0.2, 0) is 17.8 Å². The average Bonchev–Trinajstić information content (AvgIpc) is 2.62. The van der Waals surface area contributed by atoms with Gasteiger partial charge in [-0.1, -0.05) is 42.5 Å². The number of nitrogens with zero attached hydrogens (tertiary/aromatic N) is 1. The minimum atomic E-state index is -0.0354. The SMILES string of the molecule is O=C(NCc1ccccc1CN1CCOCC1)c1ccccc1. The first-order valence-electron chi connectivity index (χ1n) is 8.03. The monoisotopic (exact) mass is 310 g/mol. The highest BCUT2D eigenvalue weighted by molar-refractivity contribution is 5.94. The smallest absolute Gasteiger partial charge is 0.251 e. The number of hydrogen-bond donors (Lipinski definition) is 1. The molecule has 0 saturated carbocycles. The summed E-state index contributed by atoms with van der Waals surface area (Å²) < 4.78 is 5.40. The summed E-state index contributed by atoms with van der Waals surface area (Å²) in [6.45, 7) is 4.98. The van der Waals surface area contributed by atoms with Gasteiger partial charge >= 0.3 is 0 Å². The molecule has 0 bridgehead atoms. The Morgan fingerprint density at radius 2 is 1.61 bits per heavy atom. The maximum atomic E-state index is 12.2. The molecule has 2 aromatic carbocycles. The summed E-state index contributed by atoms with van der Waals surface area (Å²) in [6, 6.07) is 17.6. The van der Waals surface area contributed by atoms with Crippen molar-refractivity contribution in [3.8, 4) is 0 Å². The third-order valence-corrected chi connectivity index (χ3v) is 4.09. The van der Waals surface area contributed by atoms with Crippen LogP contribution in [0, 0.1) is 0 Å². The molecule has 1 heterocycles. The fourth-order valence-electron chi connectivity index (χ4n) is 2.75. The molecule has 1 fully saturated rings. The summed E-state index contributed by atoms with van der Waals surface area (Å²) in [7, 11) is 0.